The summed E-state index contributed by atoms with van der Waals surface area (Å²) in [5.74, 6) is -0.813. The standard InChI is InChI=1S/C15H20N2O2/c18-15(19)5-3-4-13-6-7-14(16-12-13)8-11-17-9-1-2-10-17/h3-4,6-7,12H,1-2,5,8-11H2,(H,18,19)/b4-3+. The molecule has 0 spiro atoms. The third-order valence-electron chi connectivity index (χ3n) is 3.33. The molecule has 1 aliphatic heterocycles. The topological polar surface area (TPSA) is 53.4 Å². The van der Waals surface area contributed by atoms with Gasteiger partial charge in [-0.15, -0.1) is 0 Å². The van der Waals surface area contributed by atoms with E-state index in [1.165, 1.54) is 25.9 Å². The molecule has 1 fully saturated rings. The molecule has 19 heavy (non-hydrogen) atoms. The van der Waals surface area contributed by atoms with Gasteiger partial charge in [0.2, 0.25) is 0 Å². The number of hydrogen-bond acceptors (Lipinski definition) is 3. The molecule has 0 radical (unpaired) electrons. The maximum atomic E-state index is 10.4. The number of aromatic nitrogens is 1. The number of rotatable bonds is 6. The maximum Gasteiger partial charge on any atom is 0.307 e. The number of carboxylic acid groups (broad SMARTS) is 1. The summed E-state index contributed by atoms with van der Waals surface area (Å²) in [6.07, 6.45) is 8.92. The van der Waals surface area contributed by atoms with Gasteiger partial charge in [-0.3, -0.25) is 9.78 Å². The first-order valence-corrected chi connectivity index (χ1v) is 6.79. The van der Waals surface area contributed by atoms with E-state index in [0.717, 1.165) is 24.2 Å². The van der Waals surface area contributed by atoms with Crippen LogP contribution in [0.3, 0.4) is 0 Å². The molecule has 0 unspecified atom stereocenters. The van der Waals surface area contributed by atoms with Gasteiger partial charge in [0.15, 0.2) is 0 Å². The summed E-state index contributed by atoms with van der Waals surface area (Å²) in [6, 6.07) is 4.02. The molecule has 102 valence electrons. The lowest BCUT2D eigenvalue weighted by molar-refractivity contribution is -0.135. The highest BCUT2D eigenvalue weighted by Crippen LogP contribution is 2.09. The van der Waals surface area contributed by atoms with Crippen molar-refractivity contribution < 1.29 is 9.90 Å². The summed E-state index contributed by atoms with van der Waals surface area (Å²) >= 11 is 0. The van der Waals surface area contributed by atoms with Crippen LogP contribution in [0.5, 0.6) is 0 Å². The normalized spacial score (nSPS) is 16.2. The van der Waals surface area contributed by atoms with Crippen molar-refractivity contribution in [1.82, 2.24) is 9.88 Å². The lowest BCUT2D eigenvalue weighted by Crippen LogP contribution is -2.22. The number of carboxylic acids is 1. The van der Waals surface area contributed by atoms with Gasteiger partial charge in [0.1, 0.15) is 0 Å². The van der Waals surface area contributed by atoms with Gasteiger partial charge in [-0.05, 0) is 37.6 Å². The molecule has 1 aliphatic rings. The van der Waals surface area contributed by atoms with E-state index in [-0.39, 0.29) is 6.42 Å². The van der Waals surface area contributed by atoms with E-state index in [0.29, 0.717) is 0 Å². The zero-order chi connectivity index (χ0) is 13.5. The minimum Gasteiger partial charge on any atom is -0.481 e. The Hall–Kier alpha value is -1.68. The Morgan fingerprint density at radius 3 is 2.79 bits per heavy atom. The van der Waals surface area contributed by atoms with Crippen molar-refractivity contribution in [1.29, 1.82) is 0 Å². The van der Waals surface area contributed by atoms with Crippen molar-refractivity contribution >= 4 is 12.0 Å². The van der Waals surface area contributed by atoms with Crippen LogP contribution in [-0.4, -0.2) is 40.6 Å². The molecular weight excluding hydrogens is 240 g/mol. The van der Waals surface area contributed by atoms with Crippen LogP contribution in [0.1, 0.15) is 30.5 Å². The SMILES string of the molecule is O=C(O)C/C=C/c1ccc(CCN2CCCC2)nc1. The molecule has 1 aromatic heterocycles. The predicted molar refractivity (Wildman–Crippen MR) is 74.9 cm³/mol. The second-order valence-electron chi connectivity index (χ2n) is 4.88. The lowest BCUT2D eigenvalue weighted by Gasteiger charge is -2.13. The van der Waals surface area contributed by atoms with Crippen LogP contribution in [0.4, 0.5) is 0 Å². The van der Waals surface area contributed by atoms with Gasteiger partial charge < -0.3 is 10.0 Å². The fourth-order valence-electron chi connectivity index (χ4n) is 2.26. The maximum absolute atomic E-state index is 10.4. The third-order valence-corrected chi connectivity index (χ3v) is 3.33. The fraction of sp³-hybridized carbons (Fsp3) is 0.467. The van der Waals surface area contributed by atoms with Gasteiger partial charge in [-0.25, -0.2) is 0 Å². The van der Waals surface area contributed by atoms with Gasteiger partial charge in [-0.1, -0.05) is 18.2 Å². The summed E-state index contributed by atoms with van der Waals surface area (Å²) < 4.78 is 0. The zero-order valence-corrected chi connectivity index (χ0v) is 11.1. The Balaban J connectivity index is 1.80. The van der Waals surface area contributed by atoms with Crippen LogP contribution >= 0.6 is 0 Å². The fourth-order valence-corrected chi connectivity index (χ4v) is 2.26. The second kappa shape index (κ2) is 7.04. The van der Waals surface area contributed by atoms with E-state index < -0.39 is 5.97 Å². The van der Waals surface area contributed by atoms with Gasteiger partial charge in [0.25, 0.3) is 0 Å². The van der Waals surface area contributed by atoms with E-state index in [1.807, 2.05) is 12.1 Å². The van der Waals surface area contributed by atoms with Crippen molar-refractivity contribution in [2.75, 3.05) is 19.6 Å². The highest BCUT2D eigenvalue weighted by molar-refractivity contribution is 5.70. The highest BCUT2D eigenvalue weighted by Gasteiger charge is 2.10. The van der Waals surface area contributed by atoms with Crippen LogP contribution in [0.2, 0.25) is 0 Å². The molecular formula is C15H20N2O2. The zero-order valence-electron chi connectivity index (χ0n) is 11.1. The number of carbonyl (C=O) groups is 1. The number of likely N-dealkylation sites (tertiary alicyclic amines) is 1. The number of hydrogen-bond donors (Lipinski definition) is 1. The molecule has 4 heteroatoms. The van der Waals surface area contributed by atoms with Gasteiger partial charge in [-0.2, -0.15) is 0 Å². The van der Waals surface area contributed by atoms with Crippen LogP contribution < -0.4 is 0 Å². The Morgan fingerprint density at radius 1 is 1.37 bits per heavy atom. The molecule has 0 bridgehead atoms. The summed E-state index contributed by atoms with van der Waals surface area (Å²) in [7, 11) is 0. The monoisotopic (exact) mass is 260 g/mol. The van der Waals surface area contributed by atoms with Crippen LogP contribution in [-0.2, 0) is 11.2 Å². The van der Waals surface area contributed by atoms with E-state index >= 15 is 0 Å². The molecule has 2 heterocycles. The van der Waals surface area contributed by atoms with Crippen LogP contribution in [0.15, 0.2) is 24.4 Å². The van der Waals surface area contributed by atoms with Crippen molar-refractivity contribution in [2.24, 2.45) is 0 Å². The van der Waals surface area contributed by atoms with E-state index in [1.54, 1.807) is 18.3 Å². The minimum absolute atomic E-state index is 0.0523. The first-order chi connectivity index (χ1) is 9.24. The van der Waals surface area contributed by atoms with Crippen molar-refractivity contribution in [3.05, 3.63) is 35.7 Å². The third kappa shape index (κ3) is 4.83. The number of pyridine rings is 1. The number of aliphatic carboxylic acids is 1. The smallest absolute Gasteiger partial charge is 0.307 e. The molecule has 2 rings (SSSR count). The second-order valence-corrected chi connectivity index (χ2v) is 4.88. The molecule has 0 saturated carbocycles. The Bertz CT molecular complexity index is 434. The average molecular weight is 260 g/mol. The van der Waals surface area contributed by atoms with E-state index in [4.69, 9.17) is 5.11 Å². The summed E-state index contributed by atoms with van der Waals surface area (Å²) in [4.78, 5) is 17.3. The summed E-state index contributed by atoms with van der Waals surface area (Å²) in [6.45, 7) is 3.52. The van der Waals surface area contributed by atoms with Crippen molar-refractivity contribution in [3.8, 4) is 0 Å². The predicted octanol–water partition coefficient (Wildman–Crippen LogP) is 2.21. The van der Waals surface area contributed by atoms with Crippen molar-refractivity contribution in [3.63, 3.8) is 0 Å². The first-order valence-electron chi connectivity index (χ1n) is 6.79. The molecule has 0 amide bonds. The Kier molecular flexibility index (Phi) is 5.10. The molecule has 1 saturated heterocycles. The molecule has 0 atom stereocenters. The average Bonchev–Trinajstić information content (AvgIpc) is 2.90. The summed E-state index contributed by atoms with van der Waals surface area (Å²) in [5.41, 5.74) is 2.05. The molecule has 1 aromatic rings. The van der Waals surface area contributed by atoms with E-state index in [9.17, 15) is 4.79 Å². The first kappa shape index (κ1) is 13.7. The molecule has 0 aliphatic carbocycles. The molecule has 4 nitrogen and oxygen atoms in total. The Labute approximate surface area is 113 Å². The largest absolute Gasteiger partial charge is 0.481 e. The number of nitrogens with zero attached hydrogens (tertiary/aromatic N) is 2. The highest BCUT2D eigenvalue weighted by atomic mass is 16.4. The van der Waals surface area contributed by atoms with Gasteiger partial charge >= 0.3 is 5.97 Å². The van der Waals surface area contributed by atoms with Crippen molar-refractivity contribution in [2.45, 2.75) is 25.7 Å². The van der Waals surface area contributed by atoms with Gasteiger partial charge in [0.05, 0.1) is 6.42 Å². The summed E-state index contributed by atoms with van der Waals surface area (Å²) in [5, 5.41) is 8.54. The van der Waals surface area contributed by atoms with Crippen LogP contribution in [0, 0.1) is 0 Å². The minimum atomic E-state index is -0.813. The Morgan fingerprint density at radius 2 is 2.16 bits per heavy atom. The van der Waals surface area contributed by atoms with Crippen LogP contribution in [0.25, 0.3) is 6.08 Å². The molecule has 1 N–H and O–H groups in total. The van der Waals surface area contributed by atoms with E-state index in [2.05, 4.69) is 9.88 Å². The quantitative estimate of drug-likeness (QED) is 0.852. The molecule has 0 aromatic carbocycles. The van der Waals surface area contributed by atoms with Gasteiger partial charge in [0, 0.05) is 24.9 Å². The lowest BCUT2D eigenvalue weighted by atomic mass is 10.2.